The zero-order valence-corrected chi connectivity index (χ0v) is 14.7. The quantitative estimate of drug-likeness (QED) is 0.733. The van der Waals surface area contributed by atoms with Crippen LogP contribution in [0.15, 0.2) is 41.0 Å². The molecule has 0 aliphatic heterocycles. The van der Waals surface area contributed by atoms with Crippen molar-refractivity contribution in [3.05, 3.63) is 51.7 Å². The van der Waals surface area contributed by atoms with Gasteiger partial charge in [0, 0.05) is 16.7 Å². The van der Waals surface area contributed by atoms with Crippen molar-refractivity contribution in [2.45, 2.75) is 26.4 Å². The maximum absolute atomic E-state index is 12.4. The van der Waals surface area contributed by atoms with Crippen molar-refractivity contribution in [3.8, 4) is 0 Å². The van der Waals surface area contributed by atoms with Crippen molar-refractivity contribution in [2.75, 3.05) is 0 Å². The minimum Gasteiger partial charge on any atom is -0.344 e. The Morgan fingerprint density at radius 1 is 1.41 bits per heavy atom. The van der Waals surface area contributed by atoms with Gasteiger partial charge in [-0.1, -0.05) is 12.1 Å². The zero-order valence-electron chi connectivity index (χ0n) is 12.3. The number of amides is 1. The van der Waals surface area contributed by atoms with E-state index in [0.29, 0.717) is 12.2 Å². The molecule has 1 N–H and O–H groups in total. The van der Waals surface area contributed by atoms with Crippen LogP contribution in [-0.4, -0.2) is 15.5 Å². The molecule has 0 radical (unpaired) electrons. The van der Waals surface area contributed by atoms with Crippen LogP contribution in [0.1, 0.15) is 35.4 Å². The molecule has 1 amide bonds. The van der Waals surface area contributed by atoms with Crippen LogP contribution in [0.4, 0.5) is 0 Å². The normalized spacial score (nSPS) is 11.3. The summed E-state index contributed by atoms with van der Waals surface area (Å²) < 4.78 is 4.00. The van der Waals surface area contributed by atoms with Gasteiger partial charge < -0.3 is 9.88 Å². The van der Waals surface area contributed by atoms with Crippen LogP contribution < -0.4 is 5.32 Å². The zero-order chi connectivity index (χ0) is 15.7. The molecule has 0 bridgehead atoms. The van der Waals surface area contributed by atoms with Crippen molar-refractivity contribution >= 4 is 43.4 Å². The van der Waals surface area contributed by atoms with Gasteiger partial charge in [0.05, 0.1) is 16.8 Å². The van der Waals surface area contributed by atoms with E-state index in [9.17, 15) is 4.79 Å². The summed E-state index contributed by atoms with van der Waals surface area (Å²) in [4.78, 5) is 16.9. The second kappa shape index (κ2) is 6.22. The van der Waals surface area contributed by atoms with Gasteiger partial charge in [-0.25, -0.2) is 4.98 Å². The smallest absolute Gasteiger partial charge is 0.268 e. The highest BCUT2D eigenvalue weighted by molar-refractivity contribution is 9.10. The van der Waals surface area contributed by atoms with E-state index >= 15 is 0 Å². The first-order valence-electron chi connectivity index (χ1n) is 7.04. The minimum absolute atomic E-state index is 0.0846. The lowest BCUT2D eigenvalue weighted by Gasteiger charge is -2.12. The van der Waals surface area contributed by atoms with Gasteiger partial charge in [0.2, 0.25) is 0 Å². The molecule has 3 aromatic rings. The van der Waals surface area contributed by atoms with Gasteiger partial charge in [0.25, 0.3) is 5.91 Å². The third-order valence-corrected chi connectivity index (χ3v) is 4.81. The Bertz CT molecular complexity index is 789. The Labute approximate surface area is 141 Å². The van der Waals surface area contributed by atoms with E-state index in [-0.39, 0.29) is 11.9 Å². The Hall–Kier alpha value is -1.66. The van der Waals surface area contributed by atoms with Gasteiger partial charge >= 0.3 is 0 Å². The van der Waals surface area contributed by atoms with Crippen LogP contribution in [0, 0.1) is 0 Å². The van der Waals surface area contributed by atoms with Gasteiger partial charge in [-0.2, -0.15) is 0 Å². The standard InChI is InChI=1S/C16H16BrN3OS/c1-10(2)20-9-11(17)7-13(20)16(21)18-8-15-19-12-5-3-4-6-14(12)22-15/h3-7,9-10H,8H2,1-2H3,(H,18,21). The molecule has 114 valence electrons. The Morgan fingerprint density at radius 2 is 2.18 bits per heavy atom. The molecule has 0 unspecified atom stereocenters. The number of para-hydroxylation sites is 1. The first-order valence-corrected chi connectivity index (χ1v) is 8.65. The molecular weight excluding hydrogens is 362 g/mol. The van der Waals surface area contributed by atoms with Crippen molar-refractivity contribution in [1.29, 1.82) is 0 Å². The number of carbonyl (C=O) groups excluding carboxylic acids is 1. The number of nitrogens with zero attached hydrogens (tertiary/aromatic N) is 2. The summed E-state index contributed by atoms with van der Waals surface area (Å²) in [5, 5.41) is 3.87. The van der Waals surface area contributed by atoms with Crippen LogP contribution in [0.2, 0.25) is 0 Å². The van der Waals surface area contributed by atoms with Crippen LogP contribution in [0.25, 0.3) is 10.2 Å². The van der Waals surface area contributed by atoms with Gasteiger partial charge in [-0.3, -0.25) is 4.79 Å². The maximum Gasteiger partial charge on any atom is 0.268 e. The number of benzene rings is 1. The number of rotatable bonds is 4. The number of hydrogen-bond donors (Lipinski definition) is 1. The van der Waals surface area contributed by atoms with E-state index in [1.807, 2.05) is 41.1 Å². The minimum atomic E-state index is -0.0846. The van der Waals surface area contributed by atoms with Gasteiger partial charge in [0.1, 0.15) is 10.7 Å². The van der Waals surface area contributed by atoms with Crippen LogP contribution in [0.3, 0.4) is 0 Å². The predicted molar refractivity (Wildman–Crippen MR) is 93.3 cm³/mol. The monoisotopic (exact) mass is 377 g/mol. The molecule has 4 nitrogen and oxygen atoms in total. The van der Waals surface area contributed by atoms with Gasteiger partial charge in [-0.15, -0.1) is 11.3 Å². The Kier molecular flexibility index (Phi) is 4.31. The number of halogens is 1. The topological polar surface area (TPSA) is 46.9 Å². The molecule has 0 aliphatic carbocycles. The first kappa shape index (κ1) is 15.2. The number of hydrogen-bond acceptors (Lipinski definition) is 3. The third-order valence-electron chi connectivity index (χ3n) is 3.34. The number of fused-ring (bicyclic) bond motifs is 1. The SMILES string of the molecule is CC(C)n1cc(Br)cc1C(=O)NCc1nc2ccccc2s1. The highest BCUT2D eigenvalue weighted by Gasteiger charge is 2.15. The van der Waals surface area contributed by atoms with E-state index in [2.05, 4.69) is 40.1 Å². The summed E-state index contributed by atoms with van der Waals surface area (Å²) in [5.74, 6) is -0.0846. The maximum atomic E-state index is 12.4. The molecule has 0 atom stereocenters. The summed E-state index contributed by atoms with van der Waals surface area (Å²) in [6.07, 6.45) is 1.93. The van der Waals surface area contributed by atoms with E-state index in [4.69, 9.17) is 0 Å². The van der Waals surface area contributed by atoms with Crippen molar-refractivity contribution in [1.82, 2.24) is 14.9 Å². The van der Waals surface area contributed by atoms with E-state index in [0.717, 1.165) is 19.7 Å². The lowest BCUT2D eigenvalue weighted by molar-refractivity contribution is 0.0940. The van der Waals surface area contributed by atoms with Gasteiger partial charge in [-0.05, 0) is 48.0 Å². The van der Waals surface area contributed by atoms with Gasteiger partial charge in [0.15, 0.2) is 0 Å². The van der Waals surface area contributed by atoms with E-state index in [1.54, 1.807) is 11.3 Å². The average molecular weight is 378 g/mol. The fourth-order valence-corrected chi connectivity index (χ4v) is 3.64. The summed E-state index contributed by atoms with van der Waals surface area (Å²) in [7, 11) is 0. The fourth-order valence-electron chi connectivity index (χ4n) is 2.30. The second-order valence-electron chi connectivity index (χ2n) is 5.30. The lowest BCUT2D eigenvalue weighted by Crippen LogP contribution is -2.25. The largest absolute Gasteiger partial charge is 0.344 e. The third kappa shape index (κ3) is 3.08. The summed E-state index contributed by atoms with van der Waals surface area (Å²) >= 11 is 5.04. The average Bonchev–Trinajstić information content (AvgIpc) is 3.07. The van der Waals surface area contributed by atoms with E-state index < -0.39 is 0 Å². The van der Waals surface area contributed by atoms with Crippen molar-refractivity contribution in [2.24, 2.45) is 0 Å². The molecule has 0 aliphatic rings. The molecule has 2 heterocycles. The number of aromatic nitrogens is 2. The summed E-state index contributed by atoms with van der Waals surface area (Å²) in [6, 6.07) is 10.1. The fraction of sp³-hybridized carbons (Fsp3) is 0.250. The Morgan fingerprint density at radius 3 is 2.91 bits per heavy atom. The second-order valence-corrected chi connectivity index (χ2v) is 7.33. The Balaban J connectivity index is 1.74. The molecule has 0 spiro atoms. The first-order chi connectivity index (χ1) is 10.5. The van der Waals surface area contributed by atoms with Crippen LogP contribution in [0.5, 0.6) is 0 Å². The van der Waals surface area contributed by atoms with Crippen LogP contribution >= 0.6 is 27.3 Å². The highest BCUT2D eigenvalue weighted by atomic mass is 79.9. The van der Waals surface area contributed by atoms with Crippen molar-refractivity contribution < 1.29 is 4.79 Å². The molecule has 3 rings (SSSR count). The van der Waals surface area contributed by atoms with E-state index in [1.165, 1.54) is 0 Å². The molecule has 6 heteroatoms. The number of nitrogens with one attached hydrogen (secondary N) is 1. The molecule has 2 aromatic heterocycles. The molecule has 0 fully saturated rings. The molecule has 22 heavy (non-hydrogen) atoms. The number of thiazole rings is 1. The highest BCUT2D eigenvalue weighted by Crippen LogP contribution is 2.22. The summed E-state index contributed by atoms with van der Waals surface area (Å²) in [5.41, 5.74) is 1.63. The molecule has 1 aromatic carbocycles. The van der Waals surface area contributed by atoms with Crippen LogP contribution in [-0.2, 0) is 6.54 Å². The number of carbonyl (C=O) groups is 1. The summed E-state index contributed by atoms with van der Waals surface area (Å²) in [6.45, 7) is 4.55. The predicted octanol–water partition coefficient (Wildman–Crippen LogP) is 4.37. The molecular formula is C16H16BrN3OS. The molecule has 0 saturated carbocycles. The van der Waals surface area contributed by atoms with Crippen molar-refractivity contribution in [3.63, 3.8) is 0 Å². The lowest BCUT2D eigenvalue weighted by atomic mass is 10.3. The molecule has 0 saturated heterocycles.